The van der Waals surface area contributed by atoms with Gasteiger partial charge >= 0.3 is 0 Å². The highest BCUT2D eigenvalue weighted by Gasteiger charge is 2.25. The van der Waals surface area contributed by atoms with Crippen molar-refractivity contribution in [2.24, 2.45) is 0 Å². The monoisotopic (exact) mass is 928 g/mol. The summed E-state index contributed by atoms with van der Waals surface area (Å²) in [5.74, 6) is 0.927. The number of rotatable bonds is 8. The summed E-state index contributed by atoms with van der Waals surface area (Å²) in [5.41, 5.74) is 16.3. The summed E-state index contributed by atoms with van der Waals surface area (Å²) >= 11 is 0. The quantitative estimate of drug-likeness (QED) is 0.139. The number of allylic oxidation sites excluding steroid dienone is 4. The predicted octanol–water partition coefficient (Wildman–Crippen LogP) is 19.5. The van der Waals surface area contributed by atoms with Crippen molar-refractivity contribution in [3.63, 3.8) is 0 Å². The molecule has 2 heteroatoms. The fourth-order valence-electron chi connectivity index (χ4n) is 11.6. The lowest BCUT2D eigenvalue weighted by Crippen LogP contribution is -2.04. The molecule has 0 atom stereocenters. The van der Waals surface area contributed by atoms with Crippen LogP contribution >= 0.6 is 0 Å². The van der Waals surface area contributed by atoms with E-state index in [1.165, 1.54) is 104 Å². The molecule has 0 bridgehead atoms. The zero-order valence-electron chi connectivity index (χ0n) is 40.2. The number of benzene rings is 12. The average Bonchev–Trinajstić information content (AvgIpc) is 3.88. The maximum Gasteiger partial charge on any atom is 0.145 e. The van der Waals surface area contributed by atoms with E-state index >= 15 is 0 Å². The number of nitrogens with zero attached hydrogens (tertiary/aromatic N) is 2. The molecule has 0 aliphatic heterocycles. The van der Waals surface area contributed by atoms with Crippen LogP contribution in [0.1, 0.15) is 12.8 Å². The molecule has 0 saturated heterocycles. The first kappa shape index (κ1) is 42.5. The minimum absolute atomic E-state index is 0.903. The Labute approximate surface area is 425 Å². The Balaban J connectivity index is 0.940. The number of aromatic nitrogens is 2. The van der Waals surface area contributed by atoms with Gasteiger partial charge in [0.15, 0.2) is 0 Å². The molecule has 14 rings (SSSR count). The summed E-state index contributed by atoms with van der Waals surface area (Å²) in [7, 11) is 0. The molecule has 0 N–H and O–H groups in total. The van der Waals surface area contributed by atoms with Crippen LogP contribution in [0.15, 0.2) is 267 Å². The molecule has 1 aliphatic carbocycles. The van der Waals surface area contributed by atoms with E-state index in [9.17, 15) is 0 Å². The maximum atomic E-state index is 5.74. The Morgan fingerprint density at radius 1 is 0.329 bits per heavy atom. The third-order valence-electron chi connectivity index (χ3n) is 15.1. The van der Waals surface area contributed by atoms with Crippen LogP contribution in [0.5, 0.6) is 0 Å². The van der Waals surface area contributed by atoms with Crippen LogP contribution in [-0.2, 0) is 0 Å². The number of hydrogen-bond donors (Lipinski definition) is 0. The Bertz CT molecular complexity index is 4270. The van der Waals surface area contributed by atoms with E-state index in [2.05, 4.69) is 272 Å². The van der Waals surface area contributed by atoms with Crippen LogP contribution in [0.25, 0.3) is 138 Å². The highest BCUT2D eigenvalue weighted by Crippen LogP contribution is 2.46. The minimum atomic E-state index is 0.903. The van der Waals surface area contributed by atoms with Crippen molar-refractivity contribution in [1.82, 2.24) is 9.55 Å². The Morgan fingerprint density at radius 3 is 1.33 bits per heavy atom. The van der Waals surface area contributed by atoms with Crippen molar-refractivity contribution < 1.29 is 0 Å². The first-order valence-electron chi connectivity index (χ1n) is 25.4. The fraction of sp³-hybridized carbons (Fsp3) is 0.0282. The summed E-state index contributed by atoms with van der Waals surface area (Å²) in [6, 6.07) is 91.2. The van der Waals surface area contributed by atoms with E-state index in [4.69, 9.17) is 4.98 Å². The summed E-state index contributed by atoms with van der Waals surface area (Å²) < 4.78 is 2.45. The molecule has 342 valence electrons. The van der Waals surface area contributed by atoms with Gasteiger partial charge in [0.05, 0.1) is 11.4 Å². The van der Waals surface area contributed by atoms with Gasteiger partial charge in [0.2, 0.25) is 0 Å². The van der Waals surface area contributed by atoms with Gasteiger partial charge in [0.25, 0.3) is 0 Å². The standard InChI is InChI=1S/C71H48N2/c1-2-22-58(23-3-1)73-70(54-41-35-51(36-42-54)62-31-15-21-49-18-7-9-25-60(49)62)69(53-39-33-50(34-40-53)61-30-14-20-48-17-6-8-24-59(48)61)72-71(73)55-43-37-52(38-44-55)67-63-26-10-12-28-65(63)68(66-29-13-11-27-64(66)67)57-45-32-47-16-4-5-19-56(47)46-57/h1-2,4-22,24-46H,3,23H2. The van der Waals surface area contributed by atoms with Crippen LogP contribution in [0.3, 0.4) is 0 Å². The first-order valence-corrected chi connectivity index (χ1v) is 25.4. The van der Waals surface area contributed by atoms with Gasteiger partial charge in [-0.15, -0.1) is 0 Å². The van der Waals surface area contributed by atoms with Gasteiger partial charge in [-0.1, -0.05) is 255 Å². The van der Waals surface area contributed by atoms with Gasteiger partial charge < -0.3 is 0 Å². The SMILES string of the molecule is C1=CCCC(n2c(-c3ccc(-c4c5ccccc5c(-c5ccc6ccccc6c5)c5ccccc45)cc3)nc(-c3ccc(-c4cccc5ccccc45)cc3)c2-c2ccc(-c3cccc4ccccc34)cc2)=C1. The van der Waals surface area contributed by atoms with Crippen molar-refractivity contribution in [3.05, 3.63) is 267 Å². The van der Waals surface area contributed by atoms with E-state index in [-0.39, 0.29) is 0 Å². The van der Waals surface area contributed by atoms with Crippen LogP contribution in [0.2, 0.25) is 0 Å². The highest BCUT2D eigenvalue weighted by molar-refractivity contribution is 6.22. The zero-order chi connectivity index (χ0) is 48.2. The summed E-state index contributed by atoms with van der Waals surface area (Å²) in [6.07, 6.45) is 8.61. The number of imidazole rings is 1. The van der Waals surface area contributed by atoms with Crippen LogP contribution in [-0.4, -0.2) is 9.55 Å². The lowest BCUT2D eigenvalue weighted by molar-refractivity contribution is 0.948. The lowest BCUT2D eigenvalue weighted by Gasteiger charge is -2.19. The van der Waals surface area contributed by atoms with Gasteiger partial charge in [-0.25, -0.2) is 4.98 Å². The topological polar surface area (TPSA) is 17.8 Å². The van der Waals surface area contributed by atoms with Gasteiger partial charge in [-0.05, 0) is 123 Å². The highest BCUT2D eigenvalue weighted by atomic mass is 15.1. The summed E-state index contributed by atoms with van der Waals surface area (Å²) in [6.45, 7) is 0. The molecule has 0 saturated carbocycles. The van der Waals surface area contributed by atoms with E-state index < -0.39 is 0 Å². The molecule has 0 spiro atoms. The molecule has 0 unspecified atom stereocenters. The molecule has 0 radical (unpaired) electrons. The second-order valence-corrected chi connectivity index (χ2v) is 19.3. The first-order chi connectivity index (χ1) is 36.2. The van der Waals surface area contributed by atoms with Crippen LogP contribution in [0.4, 0.5) is 0 Å². The number of hydrogen-bond acceptors (Lipinski definition) is 1. The maximum absolute atomic E-state index is 5.74. The van der Waals surface area contributed by atoms with E-state index in [0.29, 0.717) is 0 Å². The fourth-order valence-corrected chi connectivity index (χ4v) is 11.6. The van der Waals surface area contributed by atoms with Crippen molar-refractivity contribution in [1.29, 1.82) is 0 Å². The Kier molecular flexibility index (Phi) is 10.4. The van der Waals surface area contributed by atoms with E-state index in [1.807, 2.05) is 0 Å². The molecule has 1 aliphatic rings. The molecular weight excluding hydrogens is 881 g/mol. The van der Waals surface area contributed by atoms with Crippen molar-refractivity contribution in [2.45, 2.75) is 12.8 Å². The third kappa shape index (κ3) is 7.38. The van der Waals surface area contributed by atoms with Gasteiger partial charge in [-0.2, -0.15) is 0 Å². The Morgan fingerprint density at radius 2 is 0.767 bits per heavy atom. The van der Waals surface area contributed by atoms with Crippen LogP contribution in [0, 0.1) is 0 Å². The molecule has 1 heterocycles. The predicted molar refractivity (Wildman–Crippen MR) is 310 cm³/mol. The third-order valence-corrected chi connectivity index (χ3v) is 15.1. The lowest BCUT2D eigenvalue weighted by atomic mass is 9.85. The van der Waals surface area contributed by atoms with Crippen molar-refractivity contribution in [2.75, 3.05) is 0 Å². The van der Waals surface area contributed by atoms with Gasteiger partial charge in [-0.3, -0.25) is 4.57 Å². The minimum Gasteiger partial charge on any atom is -0.295 e. The van der Waals surface area contributed by atoms with E-state index in [0.717, 1.165) is 46.7 Å². The smallest absolute Gasteiger partial charge is 0.145 e. The summed E-state index contributed by atoms with van der Waals surface area (Å²) in [5, 5.41) is 12.4. The average molecular weight is 929 g/mol. The molecule has 12 aromatic carbocycles. The molecule has 73 heavy (non-hydrogen) atoms. The van der Waals surface area contributed by atoms with Crippen molar-refractivity contribution in [3.8, 4) is 78.4 Å². The van der Waals surface area contributed by atoms with Crippen LogP contribution < -0.4 is 0 Å². The molecular formula is C71H48N2. The molecule has 13 aromatic rings. The van der Waals surface area contributed by atoms with Crippen molar-refractivity contribution >= 4 is 59.6 Å². The second-order valence-electron chi connectivity index (χ2n) is 19.3. The molecule has 0 amide bonds. The van der Waals surface area contributed by atoms with Gasteiger partial charge in [0.1, 0.15) is 5.82 Å². The normalized spacial score (nSPS) is 12.6. The van der Waals surface area contributed by atoms with E-state index in [1.54, 1.807) is 0 Å². The zero-order valence-corrected chi connectivity index (χ0v) is 40.2. The largest absolute Gasteiger partial charge is 0.295 e. The second kappa shape index (κ2) is 17.8. The number of fused-ring (bicyclic) bond motifs is 5. The molecule has 0 fully saturated rings. The van der Waals surface area contributed by atoms with Gasteiger partial charge in [0, 0.05) is 22.4 Å². The summed E-state index contributed by atoms with van der Waals surface area (Å²) in [4.78, 5) is 5.74. The Hall–Kier alpha value is -9.37. The molecule has 1 aromatic heterocycles. The molecule has 2 nitrogen and oxygen atoms in total.